The molecule has 1 atom stereocenters. The highest BCUT2D eigenvalue weighted by Crippen LogP contribution is 2.13. The highest BCUT2D eigenvalue weighted by Gasteiger charge is 2.16. The number of hydrogen-bond donors (Lipinski definition) is 3. The fourth-order valence-electron chi connectivity index (χ4n) is 2.79. The zero-order chi connectivity index (χ0) is 20.7. The van der Waals surface area contributed by atoms with E-state index in [4.69, 9.17) is 21.4 Å². The Bertz CT molecular complexity index is 935. The van der Waals surface area contributed by atoms with Gasteiger partial charge in [-0.1, -0.05) is 12.1 Å². The molecule has 0 spiro atoms. The van der Waals surface area contributed by atoms with Crippen molar-refractivity contribution in [3.05, 3.63) is 54.0 Å². The Morgan fingerprint density at radius 3 is 2.72 bits per heavy atom. The van der Waals surface area contributed by atoms with Gasteiger partial charge in [0.1, 0.15) is 5.76 Å². The molecule has 1 aliphatic heterocycles. The summed E-state index contributed by atoms with van der Waals surface area (Å²) in [5.74, 6) is 0.545. The maximum Gasteiger partial charge on any atom is 0.240 e. The summed E-state index contributed by atoms with van der Waals surface area (Å²) in [6, 6.07) is 9.88. The average molecular weight is 437 g/mol. The van der Waals surface area contributed by atoms with Gasteiger partial charge in [0.2, 0.25) is 10.0 Å². The molecule has 1 fully saturated rings. The lowest BCUT2D eigenvalue weighted by atomic mass is 10.1. The Kier molecular flexibility index (Phi) is 7.37. The third kappa shape index (κ3) is 6.36. The Morgan fingerprint density at radius 1 is 1.28 bits per heavy atom. The SMILES string of the molecule is C/C(=N\NC(=S)NCC1CCCO1)c1ccc(S(=O)(=O)NCc2ccco2)cc1. The maximum atomic E-state index is 12.4. The van der Waals surface area contributed by atoms with Crippen LogP contribution in [0.3, 0.4) is 0 Å². The van der Waals surface area contributed by atoms with Crippen LogP contribution in [0, 0.1) is 0 Å². The molecule has 0 amide bonds. The minimum atomic E-state index is -3.63. The van der Waals surface area contributed by atoms with Gasteiger partial charge < -0.3 is 14.5 Å². The molecule has 1 saturated heterocycles. The summed E-state index contributed by atoms with van der Waals surface area (Å²) >= 11 is 5.21. The molecule has 1 aromatic carbocycles. The van der Waals surface area contributed by atoms with Gasteiger partial charge in [-0.25, -0.2) is 13.1 Å². The van der Waals surface area contributed by atoms with Crippen molar-refractivity contribution in [3.63, 3.8) is 0 Å². The van der Waals surface area contributed by atoms with E-state index in [0.717, 1.165) is 25.0 Å². The van der Waals surface area contributed by atoms with E-state index in [2.05, 4.69) is 20.6 Å². The van der Waals surface area contributed by atoms with E-state index in [0.29, 0.717) is 23.1 Å². The lowest BCUT2D eigenvalue weighted by molar-refractivity contribution is 0.114. The summed E-state index contributed by atoms with van der Waals surface area (Å²) in [4.78, 5) is 0.169. The van der Waals surface area contributed by atoms with E-state index in [1.54, 1.807) is 24.3 Å². The molecular formula is C19H24N4O4S2. The fraction of sp³-hybridized carbons (Fsp3) is 0.368. The first-order valence-electron chi connectivity index (χ1n) is 9.26. The second-order valence-corrected chi connectivity index (χ2v) is 8.76. The van der Waals surface area contributed by atoms with E-state index in [-0.39, 0.29) is 17.5 Å². The summed E-state index contributed by atoms with van der Waals surface area (Å²) in [6.45, 7) is 3.36. The number of sulfonamides is 1. The number of nitrogens with zero attached hydrogens (tertiary/aromatic N) is 1. The van der Waals surface area contributed by atoms with Gasteiger partial charge in [-0.2, -0.15) is 5.10 Å². The van der Waals surface area contributed by atoms with Crippen molar-refractivity contribution < 1.29 is 17.6 Å². The average Bonchev–Trinajstić information content (AvgIpc) is 3.43. The molecule has 0 saturated carbocycles. The minimum Gasteiger partial charge on any atom is -0.468 e. The molecule has 10 heteroatoms. The highest BCUT2D eigenvalue weighted by molar-refractivity contribution is 7.89. The van der Waals surface area contributed by atoms with E-state index in [1.165, 1.54) is 18.4 Å². The Morgan fingerprint density at radius 2 is 2.07 bits per heavy atom. The number of thiocarbonyl (C=S) groups is 1. The first-order valence-corrected chi connectivity index (χ1v) is 11.2. The Balaban J connectivity index is 1.52. The summed E-state index contributed by atoms with van der Waals surface area (Å²) in [6.07, 6.45) is 3.80. The van der Waals surface area contributed by atoms with Crippen LogP contribution in [0.4, 0.5) is 0 Å². The molecule has 0 bridgehead atoms. The van der Waals surface area contributed by atoms with Crippen molar-refractivity contribution in [2.45, 2.75) is 37.3 Å². The van der Waals surface area contributed by atoms with Crippen molar-refractivity contribution in [2.75, 3.05) is 13.2 Å². The monoisotopic (exact) mass is 436 g/mol. The third-order valence-electron chi connectivity index (χ3n) is 4.44. The molecule has 2 aromatic rings. The molecule has 3 rings (SSSR count). The van der Waals surface area contributed by atoms with Crippen LogP contribution in [0.1, 0.15) is 31.1 Å². The Labute approximate surface area is 175 Å². The second-order valence-electron chi connectivity index (χ2n) is 6.58. The van der Waals surface area contributed by atoms with Crippen LogP contribution in [0.5, 0.6) is 0 Å². The first kappa shape index (κ1) is 21.4. The molecule has 1 unspecified atom stereocenters. The molecule has 1 aromatic heterocycles. The van der Waals surface area contributed by atoms with E-state index in [9.17, 15) is 8.42 Å². The van der Waals surface area contributed by atoms with Gasteiger partial charge in [0.25, 0.3) is 0 Å². The lowest BCUT2D eigenvalue weighted by Crippen LogP contribution is -2.37. The van der Waals surface area contributed by atoms with Gasteiger partial charge in [0, 0.05) is 13.2 Å². The third-order valence-corrected chi connectivity index (χ3v) is 6.09. The normalized spacial score (nSPS) is 17.3. The van der Waals surface area contributed by atoms with Gasteiger partial charge in [0.05, 0.1) is 29.5 Å². The molecule has 0 radical (unpaired) electrons. The zero-order valence-electron chi connectivity index (χ0n) is 16.1. The van der Waals surface area contributed by atoms with E-state index in [1.807, 2.05) is 6.92 Å². The minimum absolute atomic E-state index is 0.0951. The van der Waals surface area contributed by atoms with Crippen molar-refractivity contribution in [1.82, 2.24) is 15.5 Å². The van der Waals surface area contributed by atoms with Crippen LogP contribution < -0.4 is 15.5 Å². The molecule has 156 valence electrons. The molecule has 0 aliphatic carbocycles. The van der Waals surface area contributed by atoms with Gasteiger partial charge in [-0.3, -0.25) is 5.43 Å². The van der Waals surface area contributed by atoms with Crippen LogP contribution in [-0.2, 0) is 21.3 Å². The number of nitrogens with one attached hydrogen (secondary N) is 3. The summed E-state index contributed by atoms with van der Waals surface area (Å²) < 4.78 is 37.9. The predicted molar refractivity (Wildman–Crippen MR) is 114 cm³/mol. The number of hydrogen-bond acceptors (Lipinski definition) is 6. The van der Waals surface area contributed by atoms with Crippen LogP contribution >= 0.6 is 12.2 Å². The molecule has 3 N–H and O–H groups in total. The van der Waals surface area contributed by atoms with E-state index >= 15 is 0 Å². The van der Waals surface area contributed by atoms with Gasteiger partial charge in [-0.05, 0) is 61.8 Å². The summed E-state index contributed by atoms with van der Waals surface area (Å²) in [5, 5.41) is 7.74. The van der Waals surface area contributed by atoms with Gasteiger partial charge in [0.15, 0.2) is 5.11 Å². The number of benzene rings is 1. The molecule has 29 heavy (non-hydrogen) atoms. The smallest absolute Gasteiger partial charge is 0.240 e. The van der Waals surface area contributed by atoms with E-state index < -0.39 is 10.0 Å². The highest BCUT2D eigenvalue weighted by atomic mass is 32.2. The molecular weight excluding hydrogens is 412 g/mol. The van der Waals surface area contributed by atoms with Crippen molar-refractivity contribution in [2.24, 2.45) is 5.10 Å². The first-order chi connectivity index (χ1) is 13.9. The molecule has 8 nitrogen and oxygen atoms in total. The van der Waals surface area contributed by atoms with Crippen LogP contribution in [0.25, 0.3) is 0 Å². The number of furan rings is 1. The summed E-state index contributed by atoms with van der Waals surface area (Å²) in [5.41, 5.74) is 4.26. The van der Waals surface area contributed by atoms with Gasteiger partial charge >= 0.3 is 0 Å². The second kappa shape index (κ2) is 9.97. The maximum absolute atomic E-state index is 12.4. The Hall–Kier alpha value is -2.27. The topological polar surface area (TPSA) is 105 Å². The fourth-order valence-corrected chi connectivity index (χ4v) is 3.91. The van der Waals surface area contributed by atoms with Crippen LogP contribution in [-0.4, -0.2) is 38.5 Å². The lowest BCUT2D eigenvalue weighted by Gasteiger charge is -2.12. The van der Waals surface area contributed by atoms with Gasteiger partial charge in [-0.15, -0.1) is 0 Å². The molecule has 1 aliphatic rings. The van der Waals surface area contributed by atoms with Crippen molar-refractivity contribution in [1.29, 1.82) is 0 Å². The predicted octanol–water partition coefficient (Wildman–Crippen LogP) is 2.13. The van der Waals surface area contributed by atoms with Crippen molar-refractivity contribution in [3.8, 4) is 0 Å². The zero-order valence-corrected chi connectivity index (χ0v) is 17.7. The number of ether oxygens (including phenoxy) is 1. The number of rotatable bonds is 8. The standard InChI is InChI=1S/C19H24N4O4S2/c1-14(22-23-19(28)20-12-16-4-2-10-26-16)15-6-8-18(9-7-15)29(24,25)21-13-17-5-3-11-27-17/h3,5-9,11,16,21H,2,4,10,12-13H2,1H3,(H2,20,23,28)/b22-14+. The van der Waals surface area contributed by atoms with Crippen molar-refractivity contribution >= 4 is 33.1 Å². The van der Waals surface area contributed by atoms with Crippen LogP contribution in [0.2, 0.25) is 0 Å². The van der Waals surface area contributed by atoms with Crippen LogP contribution in [0.15, 0.2) is 57.1 Å². The summed E-state index contributed by atoms with van der Waals surface area (Å²) in [7, 11) is -3.63. The largest absolute Gasteiger partial charge is 0.468 e. The molecule has 2 heterocycles. The number of hydrazone groups is 1. The quantitative estimate of drug-likeness (QED) is 0.331.